The lowest BCUT2D eigenvalue weighted by Gasteiger charge is -2.54. The molecular weight excluding hydrogens is 361 g/mol. The average Bonchev–Trinajstić information content (AvgIpc) is 3.06. The number of aryl methyl sites for hydroxylation is 1. The Morgan fingerprint density at radius 3 is 2.03 bits per heavy atom. The SMILES string of the molecule is Cc1ccc([B-]2(c3ccccc3)C(c3ccc4ccccc4c3)=CC[N+]2(C)C)cc1. The van der Waals surface area contributed by atoms with E-state index in [1.807, 2.05) is 0 Å². The van der Waals surface area contributed by atoms with Crippen molar-refractivity contribution in [2.24, 2.45) is 0 Å². The van der Waals surface area contributed by atoms with Gasteiger partial charge in [0.2, 0.25) is 0 Å². The molecule has 1 nitrogen and oxygen atoms in total. The highest BCUT2D eigenvalue weighted by atomic mass is 15.3. The number of hydrogen-bond acceptors (Lipinski definition) is 0. The summed E-state index contributed by atoms with van der Waals surface area (Å²) in [5.41, 5.74) is 6.91. The molecule has 0 bridgehead atoms. The van der Waals surface area contributed by atoms with Gasteiger partial charge in [0.1, 0.15) is 0 Å². The number of likely N-dealkylation sites (N-methyl/N-ethyl adjacent to an activating group) is 1. The van der Waals surface area contributed by atoms with E-state index in [4.69, 9.17) is 0 Å². The van der Waals surface area contributed by atoms with Crippen LogP contribution in [0.3, 0.4) is 0 Å². The number of benzene rings is 4. The monoisotopic (exact) mass is 389 g/mol. The van der Waals surface area contributed by atoms with Crippen molar-refractivity contribution in [1.29, 1.82) is 0 Å². The van der Waals surface area contributed by atoms with Crippen LogP contribution >= 0.6 is 0 Å². The van der Waals surface area contributed by atoms with Gasteiger partial charge in [-0.05, 0) is 17.7 Å². The van der Waals surface area contributed by atoms with Crippen LogP contribution in [-0.4, -0.2) is 31.3 Å². The van der Waals surface area contributed by atoms with Gasteiger partial charge in [-0.3, -0.25) is 0 Å². The van der Waals surface area contributed by atoms with Crippen LogP contribution in [0.5, 0.6) is 0 Å². The zero-order valence-electron chi connectivity index (χ0n) is 18.0. The third-order valence-electron chi connectivity index (χ3n) is 7.20. The van der Waals surface area contributed by atoms with E-state index in [0.717, 1.165) is 10.9 Å². The maximum absolute atomic E-state index is 2.48. The van der Waals surface area contributed by atoms with Gasteiger partial charge in [0.25, 0.3) is 6.28 Å². The minimum atomic E-state index is -1.17. The van der Waals surface area contributed by atoms with E-state index < -0.39 is 6.28 Å². The zero-order chi connectivity index (χ0) is 20.8. The Morgan fingerprint density at radius 1 is 0.667 bits per heavy atom. The fraction of sp³-hybridized carbons (Fsp3) is 0.143. The summed E-state index contributed by atoms with van der Waals surface area (Å²) in [4.78, 5) is 0. The van der Waals surface area contributed by atoms with Crippen LogP contribution in [0.2, 0.25) is 0 Å². The smallest absolute Gasteiger partial charge is 0.291 e. The van der Waals surface area contributed by atoms with Gasteiger partial charge in [0, 0.05) is 14.1 Å². The highest BCUT2D eigenvalue weighted by molar-refractivity contribution is 7.10. The van der Waals surface area contributed by atoms with Gasteiger partial charge in [-0.1, -0.05) is 114 Å². The molecule has 0 saturated heterocycles. The molecule has 148 valence electrons. The molecule has 0 radical (unpaired) electrons. The third kappa shape index (κ3) is 2.75. The largest absolute Gasteiger partial charge is 0.506 e. The number of hydrogen-bond donors (Lipinski definition) is 0. The van der Waals surface area contributed by atoms with E-state index in [0.29, 0.717) is 0 Å². The average molecular weight is 389 g/mol. The second kappa shape index (κ2) is 7.00. The van der Waals surface area contributed by atoms with E-state index in [1.54, 1.807) is 0 Å². The first kappa shape index (κ1) is 18.9. The summed E-state index contributed by atoms with van der Waals surface area (Å²) in [5.74, 6) is 0. The molecule has 1 aliphatic rings. The second-order valence-electron chi connectivity index (χ2n) is 9.32. The van der Waals surface area contributed by atoms with E-state index in [9.17, 15) is 0 Å². The topological polar surface area (TPSA) is 0 Å². The number of rotatable bonds is 3. The van der Waals surface area contributed by atoms with Crippen LogP contribution in [0, 0.1) is 6.92 Å². The van der Waals surface area contributed by atoms with Crippen molar-refractivity contribution in [1.82, 2.24) is 0 Å². The first-order chi connectivity index (χ1) is 14.5. The summed E-state index contributed by atoms with van der Waals surface area (Å²) >= 11 is 0. The minimum Gasteiger partial charge on any atom is -0.506 e. The Hall–Kier alpha value is -3.10. The molecule has 0 saturated carbocycles. The van der Waals surface area contributed by atoms with Gasteiger partial charge < -0.3 is 4.39 Å². The predicted molar refractivity (Wildman–Crippen MR) is 132 cm³/mol. The Morgan fingerprint density at radius 2 is 1.30 bits per heavy atom. The lowest BCUT2D eigenvalue weighted by molar-refractivity contribution is -0.776. The number of quaternary nitrogens is 1. The molecule has 5 rings (SSSR count). The molecule has 0 aliphatic carbocycles. The normalized spacial score (nSPS) is 20.3. The summed E-state index contributed by atoms with van der Waals surface area (Å²) in [7, 11) is 4.77. The van der Waals surface area contributed by atoms with E-state index in [2.05, 4.69) is 124 Å². The molecule has 1 unspecified atom stereocenters. The maximum Gasteiger partial charge on any atom is 0.291 e. The number of nitrogens with zero attached hydrogens (tertiary/aromatic N) is 1. The molecule has 30 heavy (non-hydrogen) atoms. The molecule has 1 aliphatic heterocycles. The third-order valence-corrected chi connectivity index (χ3v) is 7.20. The van der Waals surface area contributed by atoms with Crippen molar-refractivity contribution in [2.75, 3.05) is 20.6 Å². The first-order valence-electron chi connectivity index (χ1n) is 10.8. The Kier molecular flexibility index (Phi) is 4.41. The number of fused-ring (bicyclic) bond motifs is 1. The summed E-state index contributed by atoms with van der Waals surface area (Å²) in [6.07, 6.45) is 1.31. The van der Waals surface area contributed by atoms with Crippen molar-refractivity contribution >= 4 is 33.5 Å². The zero-order valence-corrected chi connectivity index (χ0v) is 18.0. The summed E-state index contributed by atoms with van der Waals surface area (Å²) in [6, 6.07) is 36.0. The van der Waals surface area contributed by atoms with Crippen LogP contribution in [0.25, 0.3) is 16.2 Å². The van der Waals surface area contributed by atoms with E-state index in [1.165, 1.54) is 38.3 Å². The second-order valence-corrected chi connectivity index (χ2v) is 9.32. The molecule has 1 heterocycles. The molecule has 0 N–H and O–H groups in total. The van der Waals surface area contributed by atoms with Crippen molar-refractivity contribution in [3.8, 4) is 0 Å². The van der Waals surface area contributed by atoms with Gasteiger partial charge in [-0.25, -0.2) is 0 Å². The fourth-order valence-electron chi connectivity index (χ4n) is 5.70. The van der Waals surface area contributed by atoms with Crippen LogP contribution in [-0.2, 0) is 0 Å². The van der Waals surface area contributed by atoms with Gasteiger partial charge in [0.05, 0.1) is 6.54 Å². The Bertz CT molecular complexity index is 1240. The molecule has 0 aromatic heterocycles. The summed E-state index contributed by atoms with van der Waals surface area (Å²) in [6.45, 7) is 3.19. The van der Waals surface area contributed by atoms with Crippen LogP contribution < -0.4 is 10.9 Å². The van der Waals surface area contributed by atoms with Gasteiger partial charge in [-0.2, -0.15) is 0 Å². The van der Waals surface area contributed by atoms with Gasteiger partial charge >= 0.3 is 0 Å². The standard InChI is InChI=1S/C28H28BN/c1-22-13-17-27(18-14-22)29(26-11-5-4-6-12-26)28(19-20-30(29,2)3)25-16-15-23-9-7-8-10-24(23)21-25/h4-19,21H,20H2,1-3H3. The van der Waals surface area contributed by atoms with Gasteiger partial charge in [0.15, 0.2) is 0 Å². The Labute approximate surface area is 179 Å². The van der Waals surface area contributed by atoms with Crippen molar-refractivity contribution < 1.29 is 4.39 Å². The van der Waals surface area contributed by atoms with E-state index in [-0.39, 0.29) is 0 Å². The predicted octanol–water partition coefficient (Wildman–Crippen LogP) is 4.92. The van der Waals surface area contributed by atoms with Crippen molar-refractivity contribution in [3.05, 3.63) is 114 Å². The quantitative estimate of drug-likeness (QED) is 0.437. The molecule has 0 spiro atoms. The lowest BCUT2D eigenvalue weighted by Crippen LogP contribution is -2.75. The van der Waals surface area contributed by atoms with Crippen LogP contribution in [0.15, 0.2) is 103 Å². The van der Waals surface area contributed by atoms with E-state index >= 15 is 0 Å². The molecular formula is C28H28BN. The van der Waals surface area contributed by atoms with Crippen LogP contribution in [0.4, 0.5) is 0 Å². The van der Waals surface area contributed by atoms with Crippen molar-refractivity contribution in [3.63, 3.8) is 0 Å². The molecule has 4 aromatic carbocycles. The molecule has 0 amide bonds. The summed E-state index contributed by atoms with van der Waals surface area (Å²) in [5, 5.41) is 2.59. The molecule has 4 aromatic rings. The highest BCUT2D eigenvalue weighted by Gasteiger charge is 2.50. The molecule has 0 fully saturated rings. The summed E-state index contributed by atoms with van der Waals surface area (Å²) < 4.78 is 0.926. The first-order valence-corrected chi connectivity index (χ1v) is 10.8. The lowest BCUT2D eigenvalue weighted by atomic mass is 9.22. The highest BCUT2D eigenvalue weighted by Crippen LogP contribution is 2.38. The molecule has 2 heteroatoms. The van der Waals surface area contributed by atoms with Crippen LogP contribution in [0.1, 0.15) is 11.1 Å². The van der Waals surface area contributed by atoms with Crippen molar-refractivity contribution in [2.45, 2.75) is 6.92 Å². The Balaban J connectivity index is 1.81. The minimum absolute atomic E-state index is 0.926. The maximum atomic E-state index is 2.48. The molecule has 1 atom stereocenters. The fourth-order valence-corrected chi connectivity index (χ4v) is 5.70. The van der Waals surface area contributed by atoms with Gasteiger partial charge in [-0.15, -0.1) is 16.4 Å².